The van der Waals surface area contributed by atoms with E-state index in [9.17, 15) is 0 Å². The van der Waals surface area contributed by atoms with Crippen molar-refractivity contribution in [2.24, 2.45) is 0 Å². The Morgan fingerprint density at radius 1 is 1.36 bits per heavy atom. The molecule has 4 heteroatoms. The molecule has 1 unspecified atom stereocenters. The van der Waals surface area contributed by atoms with E-state index in [4.69, 9.17) is 9.22 Å². The van der Waals surface area contributed by atoms with Gasteiger partial charge in [0.15, 0.2) is 0 Å². The van der Waals surface area contributed by atoms with E-state index in [-0.39, 0.29) is 6.23 Å². The first-order valence-electron chi connectivity index (χ1n) is 3.57. The molecule has 0 aliphatic carbocycles. The Morgan fingerprint density at radius 3 is 2.45 bits per heavy atom. The molecule has 0 saturated heterocycles. The minimum absolute atomic E-state index is 0.202. The fourth-order valence-corrected chi connectivity index (χ4v) is 3.53. The first-order valence-corrected chi connectivity index (χ1v) is 6.25. The molecule has 2 nitrogen and oxygen atoms in total. The van der Waals surface area contributed by atoms with Crippen LogP contribution in [-0.4, -0.2) is 30.9 Å². The molecule has 1 aromatic rings. The smallest absolute Gasteiger partial charge is 0.220 e. The van der Waals surface area contributed by atoms with Gasteiger partial charge in [0.1, 0.15) is 10.5 Å². The molecule has 0 heterocycles. The Labute approximate surface area is 71.1 Å². The van der Waals surface area contributed by atoms with Crippen LogP contribution in [0.3, 0.4) is 0 Å². The molecule has 0 aliphatic rings. The van der Waals surface area contributed by atoms with Gasteiger partial charge in [-0.05, 0) is 5.19 Å². The summed E-state index contributed by atoms with van der Waals surface area (Å²) in [4.78, 5) is 0. The molecule has 0 amide bonds. The molecular weight excluding hydrogens is 172 g/mol. The molecule has 0 fully saturated rings. The summed E-state index contributed by atoms with van der Waals surface area (Å²) in [6.45, 7) is 0. The Kier molecular flexibility index (Phi) is 3.51. The van der Waals surface area contributed by atoms with Gasteiger partial charge in [-0.2, -0.15) is 0 Å². The SMILES string of the molecule is OC[SiH](O[SiH3])c1ccccc1. The third kappa shape index (κ3) is 2.26. The lowest BCUT2D eigenvalue weighted by Crippen LogP contribution is -2.36. The largest absolute Gasteiger partial charge is 0.461 e. The predicted octanol–water partition coefficient (Wildman–Crippen LogP) is -1.55. The van der Waals surface area contributed by atoms with Crippen LogP contribution in [0.1, 0.15) is 0 Å². The van der Waals surface area contributed by atoms with Gasteiger partial charge in [0.05, 0.1) is 6.23 Å². The van der Waals surface area contributed by atoms with Crippen LogP contribution >= 0.6 is 0 Å². The van der Waals surface area contributed by atoms with E-state index in [1.807, 2.05) is 30.3 Å². The molecule has 1 atom stereocenters. The second-order valence-corrected chi connectivity index (χ2v) is 6.21. The molecule has 1 N–H and O–H groups in total. The predicted molar refractivity (Wildman–Crippen MR) is 51.3 cm³/mol. The van der Waals surface area contributed by atoms with E-state index in [0.717, 1.165) is 10.5 Å². The quantitative estimate of drug-likeness (QED) is 0.576. The highest BCUT2D eigenvalue weighted by atomic mass is 28.3. The third-order valence-corrected chi connectivity index (χ3v) is 5.36. The molecule has 11 heavy (non-hydrogen) atoms. The summed E-state index contributed by atoms with van der Waals surface area (Å²) in [5, 5.41) is 10.1. The minimum Gasteiger partial charge on any atom is -0.461 e. The zero-order valence-electron chi connectivity index (χ0n) is 6.53. The number of aliphatic hydroxyl groups excluding tert-OH is 1. The van der Waals surface area contributed by atoms with Crippen molar-refractivity contribution in [3.05, 3.63) is 30.3 Å². The molecule has 0 spiro atoms. The maximum absolute atomic E-state index is 8.94. The van der Waals surface area contributed by atoms with Crippen molar-refractivity contribution in [3.8, 4) is 0 Å². The maximum Gasteiger partial charge on any atom is 0.220 e. The molecule has 0 aliphatic heterocycles. The monoisotopic (exact) mass is 184 g/mol. The van der Waals surface area contributed by atoms with Gasteiger partial charge in [-0.15, -0.1) is 0 Å². The van der Waals surface area contributed by atoms with Crippen LogP contribution < -0.4 is 5.19 Å². The fraction of sp³-hybridized carbons (Fsp3) is 0.143. The fourth-order valence-electron chi connectivity index (χ4n) is 0.984. The first kappa shape index (κ1) is 8.67. The van der Waals surface area contributed by atoms with Crippen molar-refractivity contribution >= 4 is 24.7 Å². The standard InChI is InChI=1S/C7H12O2Si2/c8-6-11(9-10)7-4-2-1-3-5-7/h1-5,8,11H,6H2,10H3. The van der Waals surface area contributed by atoms with Crippen molar-refractivity contribution < 1.29 is 9.22 Å². The summed E-state index contributed by atoms with van der Waals surface area (Å²) in [5.41, 5.74) is 0. The van der Waals surface area contributed by atoms with Crippen molar-refractivity contribution in [3.63, 3.8) is 0 Å². The number of hydrogen-bond donors (Lipinski definition) is 1. The maximum atomic E-state index is 8.94. The highest BCUT2D eigenvalue weighted by Gasteiger charge is 2.09. The summed E-state index contributed by atoms with van der Waals surface area (Å²) in [6.07, 6.45) is 0.202. The summed E-state index contributed by atoms with van der Waals surface area (Å²) >= 11 is 0. The van der Waals surface area contributed by atoms with E-state index in [0.29, 0.717) is 0 Å². The topological polar surface area (TPSA) is 29.5 Å². The highest BCUT2D eigenvalue weighted by Crippen LogP contribution is 1.87. The minimum atomic E-state index is -1.43. The lowest BCUT2D eigenvalue weighted by atomic mass is 10.4. The molecule has 0 saturated carbocycles. The first-order chi connectivity index (χ1) is 5.38. The van der Waals surface area contributed by atoms with Crippen LogP contribution in [0.5, 0.6) is 0 Å². The van der Waals surface area contributed by atoms with Gasteiger partial charge in [-0.1, -0.05) is 30.3 Å². The molecule has 60 valence electrons. The van der Waals surface area contributed by atoms with Crippen LogP contribution in [-0.2, 0) is 4.12 Å². The Bertz CT molecular complexity index is 199. The van der Waals surface area contributed by atoms with E-state index < -0.39 is 9.04 Å². The van der Waals surface area contributed by atoms with Crippen molar-refractivity contribution in [1.82, 2.24) is 0 Å². The van der Waals surface area contributed by atoms with Gasteiger partial charge in [-0.25, -0.2) is 0 Å². The lowest BCUT2D eigenvalue weighted by molar-refractivity contribution is 0.348. The average molecular weight is 184 g/mol. The van der Waals surface area contributed by atoms with E-state index in [1.165, 1.54) is 5.19 Å². The van der Waals surface area contributed by atoms with Gasteiger partial charge in [-0.3, -0.25) is 0 Å². The van der Waals surface area contributed by atoms with Crippen molar-refractivity contribution in [2.75, 3.05) is 6.23 Å². The van der Waals surface area contributed by atoms with Gasteiger partial charge < -0.3 is 9.22 Å². The molecule has 0 radical (unpaired) electrons. The van der Waals surface area contributed by atoms with Crippen LogP contribution in [0.25, 0.3) is 0 Å². The van der Waals surface area contributed by atoms with Gasteiger partial charge >= 0.3 is 0 Å². The van der Waals surface area contributed by atoms with Crippen LogP contribution in [0.15, 0.2) is 30.3 Å². The summed E-state index contributed by atoms with van der Waals surface area (Å²) in [6, 6.07) is 9.96. The number of hydrogen-bond acceptors (Lipinski definition) is 2. The van der Waals surface area contributed by atoms with Crippen LogP contribution in [0, 0.1) is 0 Å². The highest BCUT2D eigenvalue weighted by molar-refractivity contribution is 6.69. The molecule has 1 rings (SSSR count). The molecule has 0 bridgehead atoms. The van der Waals surface area contributed by atoms with Gasteiger partial charge in [0.2, 0.25) is 9.04 Å². The molecule has 0 aromatic heterocycles. The van der Waals surface area contributed by atoms with E-state index in [1.54, 1.807) is 0 Å². The van der Waals surface area contributed by atoms with E-state index in [2.05, 4.69) is 0 Å². The molecular formula is C7H12O2Si2. The Hall–Kier alpha value is -0.426. The van der Waals surface area contributed by atoms with E-state index >= 15 is 0 Å². The molecule has 1 aromatic carbocycles. The van der Waals surface area contributed by atoms with Crippen LogP contribution in [0.4, 0.5) is 0 Å². The second kappa shape index (κ2) is 4.45. The summed E-state index contributed by atoms with van der Waals surface area (Å²) in [7, 11) is -0.715. The number of rotatable bonds is 3. The summed E-state index contributed by atoms with van der Waals surface area (Å²) < 4.78 is 5.31. The van der Waals surface area contributed by atoms with Crippen molar-refractivity contribution in [1.29, 1.82) is 0 Å². The Balaban J connectivity index is 2.74. The zero-order valence-corrected chi connectivity index (χ0v) is 9.68. The summed E-state index contributed by atoms with van der Waals surface area (Å²) in [5.74, 6) is 0. The number of benzene rings is 1. The van der Waals surface area contributed by atoms with Gasteiger partial charge in [0, 0.05) is 0 Å². The number of aliphatic hydroxyl groups is 1. The van der Waals surface area contributed by atoms with Crippen LogP contribution in [0.2, 0.25) is 0 Å². The second-order valence-electron chi connectivity index (χ2n) is 2.32. The van der Waals surface area contributed by atoms with Crippen molar-refractivity contribution in [2.45, 2.75) is 0 Å². The third-order valence-electron chi connectivity index (χ3n) is 1.62. The zero-order chi connectivity index (χ0) is 8.10. The normalized spacial score (nSPS) is 13.2. The van der Waals surface area contributed by atoms with Gasteiger partial charge in [0.25, 0.3) is 0 Å². The average Bonchev–Trinajstić information content (AvgIpc) is 2.09. The lowest BCUT2D eigenvalue weighted by Gasteiger charge is -2.09. The Morgan fingerprint density at radius 2 is 2.00 bits per heavy atom.